The molecular weight excluding hydrogens is 232 g/mol. The van der Waals surface area contributed by atoms with E-state index in [0.717, 1.165) is 12.8 Å². The van der Waals surface area contributed by atoms with E-state index in [1.807, 2.05) is 14.1 Å². The van der Waals surface area contributed by atoms with E-state index in [9.17, 15) is 14.7 Å². The Labute approximate surface area is 108 Å². The summed E-state index contributed by atoms with van der Waals surface area (Å²) in [4.78, 5) is 26.4. The maximum Gasteiger partial charge on any atom is 0.407 e. The summed E-state index contributed by atoms with van der Waals surface area (Å²) in [6.45, 7) is 2.37. The van der Waals surface area contributed by atoms with E-state index >= 15 is 0 Å². The van der Waals surface area contributed by atoms with Crippen LogP contribution < -0.4 is 0 Å². The summed E-state index contributed by atoms with van der Waals surface area (Å²) in [7, 11) is 3.69. The first kappa shape index (κ1) is 14.5. The number of piperidine rings is 1. The molecule has 0 aromatic carbocycles. The normalized spacial score (nSPS) is 22.4. The number of carbonyl (C=O) groups excluding carboxylic acids is 1. The van der Waals surface area contributed by atoms with Crippen LogP contribution in [0.25, 0.3) is 0 Å². The number of carboxylic acid groups (broad SMARTS) is 1. The Morgan fingerprint density at radius 1 is 1.56 bits per heavy atom. The highest BCUT2D eigenvalue weighted by Gasteiger charge is 2.34. The number of unbranched alkanes of at least 4 members (excludes halogenated alkanes) is 1. The summed E-state index contributed by atoms with van der Waals surface area (Å²) in [5.41, 5.74) is 0.627. The van der Waals surface area contributed by atoms with E-state index in [4.69, 9.17) is 0 Å². The van der Waals surface area contributed by atoms with Crippen LogP contribution in [0.15, 0.2) is 11.8 Å². The number of amides is 1. The second-order valence-corrected chi connectivity index (χ2v) is 4.86. The zero-order valence-electron chi connectivity index (χ0n) is 11.3. The van der Waals surface area contributed by atoms with Crippen LogP contribution in [0, 0.1) is 0 Å². The number of hydrogen-bond acceptors (Lipinski definition) is 3. The third-order valence-corrected chi connectivity index (χ3v) is 3.11. The van der Waals surface area contributed by atoms with Crippen molar-refractivity contribution in [1.29, 1.82) is 0 Å². The summed E-state index contributed by atoms with van der Waals surface area (Å²) < 4.78 is 0. The second kappa shape index (κ2) is 6.42. The van der Waals surface area contributed by atoms with Gasteiger partial charge in [0.15, 0.2) is 5.78 Å². The van der Waals surface area contributed by atoms with E-state index in [1.54, 1.807) is 11.1 Å². The van der Waals surface area contributed by atoms with Crippen LogP contribution in [0.5, 0.6) is 0 Å². The molecule has 1 fully saturated rings. The van der Waals surface area contributed by atoms with Gasteiger partial charge in [0.25, 0.3) is 0 Å². The van der Waals surface area contributed by atoms with Crippen LogP contribution in [-0.2, 0) is 4.79 Å². The summed E-state index contributed by atoms with van der Waals surface area (Å²) in [5.74, 6) is 0.0716. The highest BCUT2D eigenvalue weighted by molar-refractivity contribution is 5.98. The largest absolute Gasteiger partial charge is 0.465 e. The van der Waals surface area contributed by atoms with Crippen LogP contribution in [-0.4, -0.2) is 53.5 Å². The van der Waals surface area contributed by atoms with Crippen molar-refractivity contribution in [2.75, 3.05) is 20.6 Å². The molecule has 5 nitrogen and oxygen atoms in total. The SMILES string of the molecule is CCCCC1C(=CN(C)C)C(=O)CCN1C(=O)O. The molecule has 1 atom stereocenters. The van der Waals surface area contributed by atoms with Gasteiger partial charge in [-0.3, -0.25) is 4.79 Å². The lowest BCUT2D eigenvalue weighted by Crippen LogP contribution is -2.47. The van der Waals surface area contributed by atoms with Gasteiger partial charge in [-0.1, -0.05) is 19.8 Å². The molecule has 0 saturated carbocycles. The molecule has 0 spiro atoms. The van der Waals surface area contributed by atoms with Gasteiger partial charge in [-0.05, 0) is 6.42 Å². The molecule has 0 aromatic heterocycles. The Bertz CT molecular complexity index is 350. The van der Waals surface area contributed by atoms with Crippen molar-refractivity contribution in [3.05, 3.63) is 11.8 Å². The minimum atomic E-state index is -0.937. The van der Waals surface area contributed by atoms with Gasteiger partial charge in [-0.25, -0.2) is 4.79 Å². The number of hydrogen-bond donors (Lipinski definition) is 1. The predicted octanol–water partition coefficient (Wildman–Crippen LogP) is 1.94. The first-order chi connectivity index (χ1) is 8.47. The van der Waals surface area contributed by atoms with E-state index in [2.05, 4.69) is 6.92 Å². The van der Waals surface area contributed by atoms with Crippen LogP contribution in [0.2, 0.25) is 0 Å². The Hall–Kier alpha value is -1.52. The molecule has 0 aromatic rings. The molecule has 1 heterocycles. The minimum absolute atomic E-state index is 0.0716. The minimum Gasteiger partial charge on any atom is -0.465 e. The maximum absolute atomic E-state index is 12.0. The number of likely N-dealkylation sites (tertiary alicyclic amines) is 1. The standard InChI is InChI=1S/C13H22N2O3/c1-4-5-6-11-10(9-14(2)3)12(16)7-8-15(11)13(17)18/h9,11H,4-8H2,1-3H3,(H,17,18). The number of nitrogens with zero attached hydrogens (tertiary/aromatic N) is 2. The Morgan fingerprint density at radius 3 is 2.72 bits per heavy atom. The quantitative estimate of drug-likeness (QED) is 0.779. The number of Topliss-reactive ketones (excluding diaryl/α,β-unsaturated/α-hetero) is 1. The zero-order valence-corrected chi connectivity index (χ0v) is 11.3. The van der Waals surface area contributed by atoms with Crippen molar-refractivity contribution in [3.8, 4) is 0 Å². The number of ketones is 1. The fourth-order valence-electron chi connectivity index (χ4n) is 2.25. The smallest absolute Gasteiger partial charge is 0.407 e. The number of rotatable bonds is 4. The molecule has 0 bridgehead atoms. The summed E-state index contributed by atoms with van der Waals surface area (Å²) in [6.07, 6.45) is 3.74. The van der Waals surface area contributed by atoms with Gasteiger partial charge in [0.05, 0.1) is 6.04 Å². The van der Waals surface area contributed by atoms with Crippen molar-refractivity contribution in [2.45, 2.75) is 38.6 Å². The first-order valence-corrected chi connectivity index (χ1v) is 6.38. The number of carbonyl (C=O) groups is 2. The van der Waals surface area contributed by atoms with Crippen LogP contribution in [0.3, 0.4) is 0 Å². The Morgan fingerprint density at radius 2 is 2.22 bits per heavy atom. The molecule has 0 aliphatic carbocycles. The van der Waals surface area contributed by atoms with Gasteiger partial charge in [0, 0.05) is 38.8 Å². The van der Waals surface area contributed by atoms with Crippen molar-refractivity contribution >= 4 is 11.9 Å². The molecule has 1 N–H and O–H groups in total. The fraction of sp³-hybridized carbons (Fsp3) is 0.692. The molecule has 1 saturated heterocycles. The van der Waals surface area contributed by atoms with E-state index < -0.39 is 6.09 Å². The Kier molecular flexibility index (Phi) is 5.19. The van der Waals surface area contributed by atoms with Gasteiger partial charge in [-0.15, -0.1) is 0 Å². The molecule has 1 amide bonds. The van der Waals surface area contributed by atoms with Gasteiger partial charge >= 0.3 is 6.09 Å². The molecule has 1 aliphatic heterocycles. The highest BCUT2D eigenvalue weighted by Crippen LogP contribution is 2.24. The molecule has 1 aliphatic rings. The van der Waals surface area contributed by atoms with E-state index in [0.29, 0.717) is 18.5 Å². The zero-order chi connectivity index (χ0) is 13.7. The third kappa shape index (κ3) is 3.48. The van der Waals surface area contributed by atoms with Crippen molar-refractivity contribution in [2.24, 2.45) is 0 Å². The lowest BCUT2D eigenvalue weighted by Gasteiger charge is -2.35. The van der Waals surface area contributed by atoms with Crippen molar-refractivity contribution in [3.63, 3.8) is 0 Å². The van der Waals surface area contributed by atoms with Crippen molar-refractivity contribution in [1.82, 2.24) is 9.80 Å². The van der Waals surface area contributed by atoms with E-state index in [-0.39, 0.29) is 18.2 Å². The topological polar surface area (TPSA) is 60.9 Å². The van der Waals surface area contributed by atoms with Crippen LogP contribution in [0.4, 0.5) is 4.79 Å². The summed E-state index contributed by atoms with van der Waals surface area (Å²) in [5, 5.41) is 9.22. The predicted molar refractivity (Wildman–Crippen MR) is 69.4 cm³/mol. The summed E-state index contributed by atoms with van der Waals surface area (Å²) in [6, 6.07) is -0.286. The molecule has 1 rings (SSSR count). The molecular formula is C13H22N2O3. The molecule has 18 heavy (non-hydrogen) atoms. The Balaban J connectivity index is 2.99. The van der Waals surface area contributed by atoms with Gasteiger partial charge in [0.1, 0.15) is 0 Å². The molecule has 0 radical (unpaired) electrons. The van der Waals surface area contributed by atoms with Gasteiger partial charge in [0.2, 0.25) is 0 Å². The molecule has 1 unspecified atom stereocenters. The van der Waals surface area contributed by atoms with Crippen molar-refractivity contribution < 1.29 is 14.7 Å². The maximum atomic E-state index is 12.0. The third-order valence-electron chi connectivity index (χ3n) is 3.11. The summed E-state index contributed by atoms with van der Waals surface area (Å²) >= 11 is 0. The van der Waals surface area contributed by atoms with Crippen LogP contribution >= 0.6 is 0 Å². The van der Waals surface area contributed by atoms with E-state index in [1.165, 1.54) is 4.90 Å². The lowest BCUT2D eigenvalue weighted by molar-refractivity contribution is -0.118. The van der Waals surface area contributed by atoms with Gasteiger partial charge in [-0.2, -0.15) is 0 Å². The molecule has 5 heteroatoms. The second-order valence-electron chi connectivity index (χ2n) is 4.86. The van der Waals surface area contributed by atoms with Crippen LogP contribution in [0.1, 0.15) is 32.6 Å². The molecule has 102 valence electrons. The lowest BCUT2D eigenvalue weighted by atomic mass is 9.91. The average Bonchev–Trinajstić information content (AvgIpc) is 2.29. The van der Waals surface area contributed by atoms with Gasteiger partial charge < -0.3 is 14.9 Å². The average molecular weight is 254 g/mol. The first-order valence-electron chi connectivity index (χ1n) is 6.38. The highest BCUT2D eigenvalue weighted by atomic mass is 16.4. The fourth-order valence-corrected chi connectivity index (χ4v) is 2.25. The monoisotopic (exact) mass is 254 g/mol.